The molecule has 0 spiro atoms. The summed E-state index contributed by atoms with van der Waals surface area (Å²) < 4.78 is 44.1. The van der Waals surface area contributed by atoms with Crippen molar-refractivity contribution in [3.8, 4) is 5.69 Å². The third-order valence-corrected chi connectivity index (χ3v) is 7.81. The number of anilines is 1. The van der Waals surface area contributed by atoms with E-state index in [9.17, 15) is 12.8 Å². The second-order valence-electron chi connectivity index (χ2n) is 7.70. The molecule has 5 rings (SSSR count). The molecule has 10 nitrogen and oxygen atoms in total. The molecule has 0 atom stereocenters. The van der Waals surface area contributed by atoms with Crippen molar-refractivity contribution in [3.63, 3.8) is 0 Å². The quantitative estimate of drug-likeness (QED) is 0.594. The second kappa shape index (κ2) is 8.09. The van der Waals surface area contributed by atoms with E-state index in [0.29, 0.717) is 61.9 Å². The van der Waals surface area contributed by atoms with Gasteiger partial charge in [0.2, 0.25) is 0 Å². The SMILES string of the molecule is O=S(=O)(N1CCCCC1)N1CCN(c2ncnc3c2nnn3-c2cccc(F)c2)CC1. The van der Waals surface area contributed by atoms with Gasteiger partial charge in [0.15, 0.2) is 17.0 Å². The molecule has 0 N–H and O–H groups in total. The Balaban J connectivity index is 1.37. The molecule has 1 aromatic carbocycles. The highest BCUT2D eigenvalue weighted by molar-refractivity contribution is 7.86. The number of hydrogen-bond acceptors (Lipinski definition) is 7. The summed E-state index contributed by atoms with van der Waals surface area (Å²) in [6.45, 7) is 2.93. The summed E-state index contributed by atoms with van der Waals surface area (Å²) in [5, 5.41) is 8.36. The number of benzene rings is 1. The topological polar surface area (TPSA) is 100 Å². The van der Waals surface area contributed by atoms with Gasteiger partial charge in [-0.15, -0.1) is 5.10 Å². The third-order valence-electron chi connectivity index (χ3n) is 5.78. The normalized spacial score (nSPS) is 19.2. The molecule has 31 heavy (non-hydrogen) atoms. The average molecular weight is 447 g/mol. The molecule has 2 aromatic heterocycles. The average Bonchev–Trinajstić information content (AvgIpc) is 3.24. The number of nitrogens with zero attached hydrogens (tertiary/aromatic N) is 8. The van der Waals surface area contributed by atoms with Gasteiger partial charge in [-0.2, -0.15) is 21.7 Å². The summed E-state index contributed by atoms with van der Waals surface area (Å²) in [7, 11) is -3.43. The summed E-state index contributed by atoms with van der Waals surface area (Å²) in [6.07, 6.45) is 4.34. The zero-order valence-electron chi connectivity index (χ0n) is 16.9. The van der Waals surface area contributed by atoms with Crippen molar-refractivity contribution in [2.24, 2.45) is 0 Å². The summed E-state index contributed by atoms with van der Waals surface area (Å²) in [5.74, 6) is 0.226. The van der Waals surface area contributed by atoms with Gasteiger partial charge < -0.3 is 4.90 Å². The maximum Gasteiger partial charge on any atom is 0.282 e. The summed E-state index contributed by atoms with van der Waals surface area (Å²) in [5.41, 5.74) is 1.49. The summed E-state index contributed by atoms with van der Waals surface area (Å²) >= 11 is 0. The lowest BCUT2D eigenvalue weighted by Crippen LogP contribution is -2.54. The zero-order valence-corrected chi connectivity index (χ0v) is 17.7. The predicted molar refractivity (Wildman–Crippen MR) is 113 cm³/mol. The fourth-order valence-corrected chi connectivity index (χ4v) is 5.81. The maximum absolute atomic E-state index is 13.6. The molecule has 12 heteroatoms. The molecule has 0 aliphatic carbocycles. The Hall–Kier alpha value is -2.70. The van der Waals surface area contributed by atoms with E-state index in [-0.39, 0.29) is 5.82 Å². The molecule has 3 aromatic rings. The number of aromatic nitrogens is 5. The van der Waals surface area contributed by atoms with Crippen LogP contribution >= 0.6 is 0 Å². The highest BCUT2D eigenvalue weighted by Gasteiger charge is 2.33. The Morgan fingerprint density at radius 3 is 2.39 bits per heavy atom. The van der Waals surface area contributed by atoms with Crippen LogP contribution in [0.3, 0.4) is 0 Å². The minimum absolute atomic E-state index is 0.374. The standard InChI is InChI=1S/C19H23FN8O2S/c20-15-5-4-6-16(13-15)28-19-17(23-24-28)18(21-14-22-19)25-9-11-27(12-10-25)31(29,30)26-7-2-1-3-8-26/h4-6,13-14H,1-3,7-12H2. The van der Waals surface area contributed by atoms with Gasteiger partial charge in [-0.1, -0.05) is 17.7 Å². The summed E-state index contributed by atoms with van der Waals surface area (Å²) in [4.78, 5) is 10.7. The van der Waals surface area contributed by atoms with Gasteiger partial charge in [-0.25, -0.2) is 14.4 Å². The van der Waals surface area contributed by atoms with Crippen molar-refractivity contribution in [1.82, 2.24) is 33.6 Å². The first-order valence-electron chi connectivity index (χ1n) is 10.4. The number of halogens is 1. The van der Waals surface area contributed by atoms with Gasteiger partial charge in [-0.3, -0.25) is 0 Å². The van der Waals surface area contributed by atoms with E-state index < -0.39 is 10.2 Å². The third kappa shape index (κ3) is 3.75. The second-order valence-corrected chi connectivity index (χ2v) is 9.63. The van der Waals surface area contributed by atoms with Gasteiger partial charge in [-0.05, 0) is 31.0 Å². The lowest BCUT2D eigenvalue weighted by atomic mass is 10.2. The van der Waals surface area contributed by atoms with Crippen LogP contribution in [0, 0.1) is 5.82 Å². The van der Waals surface area contributed by atoms with Gasteiger partial charge >= 0.3 is 0 Å². The minimum atomic E-state index is -3.43. The number of piperidine rings is 1. The van der Waals surface area contributed by atoms with Crippen LogP contribution in [0.2, 0.25) is 0 Å². The van der Waals surface area contributed by atoms with E-state index in [0.717, 1.165) is 19.3 Å². The molecular formula is C19H23FN8O2S. The monoisotopic (exact) mass is 446 g/mol. The highest BCUT2D eigenvalue weighted by atomic mass is 32.2. The van der Waals surface area contributed by atoms with Crippen LogP contribution in [0.25, 0.3) is 16.9 Å². The number of rotatable bonds is 4. The van der Waals surface area contributed by atoms with Crippen molar-refractivity contribution < 1.29 is 12.8 Å². The van der Waals surface area contributed by atoms with Crippen LogP contribution in [-0.4, -0.2) is 81.3 Å². The van der Waals surface area contributed by atoms with Crippen LogP contribution < -0.4 is 4.90 Å². The van der Waals surface area contributed by atoms with Crippen LogP contribution in [0.15, 0.2) is 30.6 Å². The van der Waals surface area contributed by atoms with E-state index in [4.69, 9.17) is 0 Å². The number of piperazine rings is 1. The van der Waals surface area contributed by atoms with Crippen molar-refractivity contribution in [1.29, 1.82) is 0 Å². The Morgan fingerprint density at radius 1 is 0.903 bits per heavy atom. The van der Waals surface area contributed by atoms with E-state index in [2.05, 4.69) is 20.3 Å². The molecule has 4 heterocycles. The number of hydrogen-bond donors (Lipinski definition) is 0. The van der Waals surface area contributed by atoms with Gasteiger partial charge in [0.25, 0.3) is 10.2 Å². The van der Waals surface area contributed by atoms with Crippen LogP contribution in [-0.2, 0) is 10.2 Å². The Labute approximate surface area is 179 Å². The molecule has 2 aliphatic rings. The lowest BCUT2D eigenvalue weighted by molar-refractivity contribution is 0.295. The van der Waals surface area contributed by atoms with Crippen molar-refractivity contribution >= 4 is 27.2 Å². The summed E-state index contributed by atoms with van der Waals surface area (Å²) in [6, 6.07) is 6.05. The van der Waals surface area contributed by atoms with Crippen LogP contribution in [0.1, 0.15) is 19.3 Å². The molecule has 2 aliphatic heterocycles. The van der Waals surface area contributed by atoms with Crippen LogP contribution in [0.5, 0.6) is 0 Å². The Morgan fingerprint density at radius 2 is 1.65 bits per heavy atom. The molecule has 0 bridgehead atoms. The molecule has 164 valence electrons. The lowest BCUT2D eigenvalue weighted by Gasteiger charge is -2.38. The van der Waals surface area contributed by atoms with Crippen molar-refractivity contribution in [2.75, 3.05) is 44.2 Å². The fourth-order valence-electron chi connectivity index (χ4n) is 4.14. The first-order chi connectivity index (χ1) is 15.0. The minimum Gasteiger partial charge on any atom is -0.352 e. The molecule has 0 unspecified atom stereocenters. The van der Waals surface area contributed by atoms with Gasteiger partial charge in [0.1, 0.15) is 12.1 Å². The van der Waals surface area contributed by atoms with Crippen LogP contribution in [0.4, 0.5) is 10.2 Å². The molecule has 0 radical (unpaired) electrons. The van der Waals surface area contributed by atoms with Gasteiger partial charge in [0.05, 0.1) is 5.69 Å². The van der Waals surface area contributed by atoms with E-state index in [1.165, 1.54) is 23.1 Å². The maximum atomic E-state index is 13.6. The first-order valence-corrected chi connectivity index (χ1v) is 11.8. The molecular weight excluding hydrogens is 423 g/mol. The molecule has 0 saturated carbocycles. The highest BCUT2D eigenvalue weighted by Crippen LogP contribution is 2.25. The smallest absolute Gasteiger partial charge is 0.282 e. The van der Waals surface area contributed by atoms with Crippen molar-refractivity contribution in [3.05, 3.63) is 36.4 Å². The molecule has 2 saturated heterocycles. The van der Waals surface area contributed by atoms with E-state index >= 15 is 0 Å². The number of fused-ring (bicyclic) bond motifs is 1. The van der Waals surface area contributed by atoms with Gasteiger partial charge in [0, 0.05) is 39.3 Å². The molecule has 2 fully saturated rings. The molecule has 0 amide bonds. The largest absolute Gasteiger partial charge is 0.352 e. The Bertz CT molecular complexity index is 1190. The van der Waals surface area contributed by atoms with Crippen molar-refractivity contribution in [2.45, 2.75) is 19.3 Å². The first kappa shape index (κ1) is 20.2. The van der Waals surface area contributed by atoms with E-state index in [1.807, 2.05) is 4.90 Å². The van der Waals surface area contributed by atoms with E-state index in [1.54, 1.807) is 20.7 Å². The zero-order chi connectivity index (χ0) is 21.4. The fraction of sp³-hybridized carbons (Fsp3) is 0.474. The predicted octanol–water partition coefficient (Wildman–Crippen LogP) is 1.20. The Kier molecular flexibility index (Phi) is 5.28.